The number of β-amino-alcohol motifs (C(OH)–C–C–N with tert-alkyl or cyclic N) is 1. The molecule has 0 fully saturated rings. The molecular weight excluding hydrogens is 354 g/mol. The number of rotatable bonds is 18. The van der Waals surface area contributed by atoms with E-state index in [2.05, 4.69) is 5.32 Å². The third kappa shape index (κ3) is 13.5. The first-order chi connectivity index (χ1) is 12.3. The van der Waals surface area contributed by atoms with Crippen molar-refractivity contribution in [2.45, 2.75) is 24.8 Å². The molecule has 0 saturated carbocycles. The first-order valence-corrected chi connectivity index (χ1v) is 8.06. The highest BCUT2D eigenvalue weighted by Crippen LogP contribution is 2.10. The molecule has 0 radical (unpaired) electrons. The maximum Gasteiger partial charge on any atom is 0.305 e. The molecule has 0 heterocycles. The molecule has 0 aromatic rings. The number of nitrogens with one attached hydrogen (secondary N) is 1. The van der Waals surface area contributed by atoms with Crippen molar-refractivity contribution < 1.29 is 49.0 Å². The molecule has 0 rings (SSSR count). The fraction of sp³-hybridized carbons (Fsp3) is 0.800. The van der Waals surface area contributed by atoms with E-state index in [1.54, 1.807) is 0 Å². The highest BCUT2D eigenvalue weighted by Gasteiger charge is 2.31. The third-order valence-electron chi connectivity index (χ3n) is 3.13. The summed E-state index contributed by atoms with van der Waals surface area (Å²) in [5, 5.41) is 38.0. The highest BCUT2D eigenvalue weighted by molar-refractivity contribution is 5.67. The van der Waals surface area contributed by atoms with Gasteiger partial charge in [-0.25, -0.2) is 0 Å². The van der Waals surface area contributed by atoms with E-state index in [4.69, 9.17) is 34.6 Å². The van der Waals surface area contributed by atoms with Crippen molar-refractivity contribution in [3.8, 4) is 0 Å². The van der Waals surface area contributed by atoms with Crippen molar-refractivity contribution in [3.05, 3.63) is 0 Å². The van der Waals surface area contributed by atoms with E-state index >= 15 is 0 Å². The van der Waals surface area contributed by atoms with Crippen LogP contribution in [0.1, 0.15) is 19.3 Å². The first-order valence-electron chi connectivity index (χ1n) is 8.06. The Labute approximate surface area is 150 Å². The summed E-state index contributed by atoms with van der Waals surface area (Å²) in [5.41, 5.74) is -0.988. The predicted molar refractivity (Wildman–Crippen MR) is 87.0 cm³/mol. The quantitative estimate of drug-likeness (QED) is 0.180. The largest absolute Gasteiger partial charge is 0.481 e. The Bertz CT molecular complexity index is 374. The van der Waals surface area contributed by atoms with Crippen LogP contribution >= 0.6 is 0 Å². The van der Waals surface area contributed by atoms with Gasteiger partial charge in [-0.3, -0.25) is 14.4 Å². The Hall–Kier alpha value is -1.79. The SMILES string of the molecule is O=C(O)CCOCC(COCCC(=O)O)(COCCC(=O)O)NCCO. The van der Waals surface area contributed by atoms with Crippen molar-refractivity contribution in [2.75, 3.05) is 52.8 Å². The molecule has 0 aliphatic carbocycles. The molecule has 11 nitrogen and oxygen atoms in total. The number of aliphatic hydroxyl groups is 1. The van der Waals surface area contributed by atoms with Crippen LogP contribution in [0.25, 0.3) is 0 Å². The van der Waals surface area contributed by atoms with Crippen molar-refractivity contribution >= 4 is 17.9 Å². The second kappa shape index (κ2) is 14.4. The summed E-state index contributed by atoms with van der Waals surface area (Å²) in [6, 6.07) is 0. The summed E-state index contributed by atoms with van der Waals surface area (Å²) in [6.45, 7) is -0.276. The summed E-state index contributed by atoms with van der Waals surface area (Å²) < 4.78 is 16.0. The number of aliphatic hydroxyl groups excluding tert-OH is 1. The molecule has 0 aliphatic heterocycles. The van der Waals surface area contributed by atoms with Gasteiger partial charge in [-0.2, -0.15) is 0 Å². The van der Waals surface area contributed by atoms with Crippen molar-refractivity contribution in [1.29, 1.82) is 0 Å². The standard InChI is InChI=1S/C15H27NO10/c17-5-4-16-15(9-24-6-1-12(18)19,10-25-7-2-13(20)21)11-26-8-3-14(22)23/h16-17H,1-11H2,(H,18,19)(H,20,21)(H,22,23). The fourth-order valence-corrected chi connectivity index (χ4v) is 1.88. The van der Waals surface area contributed by atoms with Gasteiger partial charge in [-0.05, 0) is 0 Å². The van der Waals surface area contributed by atoms with Gasteiger partial charge in [0.1, 0.15) is 0 Å². The topological polar surface area (TPSA) is 172 Å². The van der Waals surface area contributed by atoms with Gasteiger partial charge in [0.2, 0.25) is 0 Å². The second-order valence-corrected chi connectivity index (χ2v) is 5.52. The van der Waals surface area contributed by atoms with E-state index in [9.17, 15) is 14.4 Å². The molecule has 26 heavy (non-hydrogen) atoms. The van der Waals surface area contributed by atoms with Crippen LogP contribution in [0.2, 0.25) is 0 Å². The molecule has 11 heteroatoms. The van der Waals surface area contributed by atoms with E-state index in [-0.39, 0.29) is 72.1 Å². The van der Waals surface area contributed by atoms with Crippen LogP contribution in [0.5, 0.6) is 0 Å². The molecule has 0 unspecified atom stereocenters. The maximum atomic E-state index is 10.6. The minimum atomic E-state index is -1.02. The molecule has 152 valence electrons. The van der Waals surface area contributed by atoms with Crippen LogP contribution in [0.15, 0.2) is 0 Å². The van der Waals surface area contributed by atoms with Crippen molar-refractivity contribution in [1.82, 2.24) is 5.32 Å². The van der Waals surface area contributed by atoms with Crippen molar-refractivity contribution in [3.63, 3.8) is 0 Å². The summed E-state index contributed by atoms with van der Waals surface area (Å²) in [6.07, 6.45) is -0.596. The summed E-state index contributed by atoms with van der Waals surface area (Å²) in [4.78, 5) is 31.7. The lowest BCUT2D eigenvalue weighted by molar-refractivity contribution is -0.139. The van der Waals surface area contributed by atoms with Gasteiger partial charge in [0, 0.05) is 6.54 Å². The lowest BCUT2D eigenvalue weighted by Crippen LogP contribution is -2.57. The molecule has 0 amide bonds. The number of carboxylic acid groups (broad SMARTS) is 3. The molecule has 0 saturated heterocycles. The summed E-state index contributed by atoms with van der Waals surface area (Å²) in [7, 11) is 0. The number of aliphatic carboxylic acids is 3. The lowest BCUT2D eigenvalue weighted by Gasteiger charge is -2.34. The van der Waals surface area contributed by atoms with Crippen LogP contribution in [0.3, 0.4) is 0 Å². The van der Waals surface area contributed by atoms with Gasteiger partial charge in [0.25, 0.3) is 0 Å². The van der Waals surface area contributed by atoms with Gasteiger partial charge in [0.15, 0.2) is 0 Å². The minimum Gasteiger partial charge on any atom is -0.481 e. The molecule has 5 N–H and O–H groups in total. The molecule has 0 spiro atoms. The predicted octanol–water partition coefficient (Wildman–Crippen LogP) is -1.22. The van der Waals surface area contributed by atoms with Crippen LogP contribution < -0.4 is 5.32 Å². The average Bonchev–Trinajstić information content (AvgIpc) is 2.57. The zero-order valence-corrected chi connectivity index (χ0v) is 14.5. The fourth-order valence-electron chi connectivity index (χ4n) is 1.88. The molecule has 0 atom stereocenters. The number of carbonyl (C=O) groups is 3. The van der Waals surface area contributed by atoms with Crippen LogP contribution in [0.4, 0.5) is 0 Å². The van der Waals surface area contributed by atoms with Crippen LogP contribution in [-0.2, 0) is 28.6 Å². The summed E-state index contributed by atoms with van der Waals surface area (Å²) in [5.74, 6) is -3.06. The molecule has 0 aromatic heterocycles. The van der Waals surface area contributed by atoms with Crippen LogP contribution in [0, 0.1) is 0 Å². The van der Waals surface area contributed by atoms with E-state index in [1.807, 2.05) is 0 Å². The molecule has 0 aliphatic rings. The van der Waals surface area contributed by atoms with Gasteiger partial charge >= 0.3 is 17.9 Å². The number of ether oxygens (including phenoxy) is 3. The maximum absolute atomic E-state index is 10.6. The van der Waals surface area contributed by atoms with Gasteiger partial charge < -0.3 is 40.0 Å². The zero-order valence-electron chi connectivity index (χ0n) is 14.5. The number of hydrogen-bond acceptors (Lipinski definition) is 8. The van der Waals surface area contributed by atoms with Gasteiger partial charge in [-0.1, -0.05) is 0 Å². The Kier molecular flexibility index (Phi) is 13.4. The first kappa shape index (κ1) is 24.2. The molecule has 0 bridgehead atoms. The monoisotopic (exact) mass is 381 g/mol. The number of hydrogen-bond donors (Lipinski definition) is 5. The molecular formula is C15H27NO10. The van der Waals surface area contributed by atoms with E-state index in [1.165, 1.54) is 0 Å². The normalized spacial score (nSPS) is 11.4. The van der Waals surface area contributed by atoms with Gasteiger partial charge in [0.05, 0.1) is 71.0 Å². The van der Waals surface area contributed by atoms with Crippen LogP contribution in [-0.4, -0.2) is 96.7 Å². The molecule has 0 aromatic carbocycles. The Balaban J connectivity index is 4.74. The van der Waals surface area contributed by atoms with Crippen molar-refractivity contribution in [2.24, 2.45) is 0 Å². The second-order valence-electron chi connectivity index (χ2n) is 5.52. The summed E-state index contributed by atoms with van der Waals surface area (Å²) >= 11 is 0. The Morgan fingerprint density at radius 1 is 0.731 bits per heavy atom. The number of carboxylic acids is 3. The Morgan fingerprint density at radius 2 is 1.08 bits per heavy atom. The van der Waals surface area contributed by atoms with Gasteiger partial charge in [-0.15, -0.1) is 0 Å². The average molecular weight is 381 g/mol. The highest BCUT2D eigenvalue weighted by atomic mass is 16.5. The third-order valence-corrected chi connectivity index (χ3v) is 3.13. The lowest BCUT2D eigenvalue weighted by atomic mass is 10.0. The Morgan fingerprint density at radius 3 is 1.35 bits per heavy atom. The van der Waals surface area contributed by atoms with E-state index < -0.39 is 23.4 Å². The zero-order chi connectivity index (χ0) is 19.8. The minimum absolute atomic E-state index is 0.0274. The van der Waals surface area contributed by atoms with E-state index in [0.717, 1.165) is 0 Å². The van der Waals surface area contributed by atoms with E-state index in [0.29, 0.717) is 0 Å². The smallest absolute Gasteiger partial charge is 0.305 e.